The number of piperazine rings is 2. The molecular formula is C58H73Cl5F2N10O4. The Labute approximate surface area is 492 Å². The highest BCUT2D eigenvalue weighted by atomic mass is 35.5. The van der Waals surface area contributed by atoms with Crippen molar-refractivity contribution in [2.45, 2.75) is 92.8 Å². The molecule has 0 aliphatic carbocycles. The third-order valence-corrected chi connectivity index (χ3v) is 14.3. The number of carboxylic acids is 1. The number of carbonyl (C=O) groups is 2. The van der Waals surface area contributed by atoms with Gasteiger partial charge in [0.25, 0.3) is 0 Å². The number of ether oxygens (including phenoxy) is 1. The Morgan fingerprint density at radius 3 is 1.48 bits per heavy atom. The summed E-state index contributed by atoms with van der Waals surface area (Å²) in [4.78, 5) is 56.0. The summed E-state index contributed by atoms with van der Waals surface area (Å²) in [5.41, 5.74) is 6.77. The van der Waals surface area contributed by atoms with Crippen LogP contribution in [0, 0.1) is 11.6 Å². The van der Waals surface area contributed by atoms with E-state index in [1.165, 1.54) is 12.1 Å². The van der Waals surface area contributed by atoms with Gasteiger partial charge in [-0.05, 0) is 104 Å². The second-order valence-electron chi connectivity index (χ2n) is 19.7. The van der Waals surface area contributed by atoms with Crippen LogP contribution in [0.5, 0.6) is 0 Å². The molecule has 79 heavy (non-hydrogen) atoms. The number of aromatic carboxylic acids is 1. The fourth-order valence-corrected chi connectivity index (χ4v) is 9.80. The molecule has 0 spiro atoms. The van der Waals surface area contributed by atoms with Crippen LogP contribution in [0.2, 0.25) is 10.0 Å². The summed E-state index contributed by atoms with van der Waals surface area (Å²) < 4.78 is 33.8. The van der Waals surface area contributed by atoms with Gasteiger partial charge in [-0.15, -0.1) is 37.2 Å². The van der Waals surface area contributed by atoms with Gasteiger partial charge in [-0.3, -0.25) is 29.6 Å². The van der Waals surface area contributed by atoms with Crippen molar-refractivity contribution in [3.05, 3.63) is 176 Å². The molecule has 2 aliphatic heterocycles. The first kappa shape index (κ1) is 66.2. The molecule has 2 fully saturated rings. The number of hydrogen-bond donors (Lipinski definition) is 1. The Bertz CT molecular complexity index is 2820. The first-order valence-corrected chi connectivity index (χ1v) is 26.9. The van der Waals surface area contributed by atoms with Gasteiger partial charge in [0.1, 0.15) is 34.4 Å². The third kappa shape index (κ3) is 18.6. The van der Waals surface area contributed by atoms with E-state index in [0.29, 0.717) is 83.2 Å². The van der Waals surface area contributed by atoms with Gasteiger partial charge in [-0.25, -0.2) is 28.3 Å². The lowest BCUT2D eigenvalue weighted by molar-refractivity contribution is 0.0377. The van der Waals surface area contributed by atoms with Gasteiger partial charge in [0.05, 0.1) is 17.5 Å². The molecule has 428 valence electrons. The first-order chi connectivity index (χ1) is 36.6. The summed E-state index contributed by atoms with van der Waals surface area (Å²) in [5, 5.41) is 10.7. The zero-order chi connectivity index (χ0) is 54.3. The minimum Gasteiger partial charge on any atom is -0.478 e. The molecule has 21 heteroatoms. The highest BCUT2D eigenvalue weighted by Gasteiger charge is 2.27. The van der Waals surface area contributed by atoms with E-state index < -0.39 is 5.97 Å². The van der Waals surface area contributed by atoms with E-state index in [1.807, 2.05) is 66.1 Å². The Morgan fingerprint density at radius 2 is 1.08 bits per heavy atom. The predicted molar refractivity (Wildman–Crippen MR) is 318 cm³/mol. The summed E-state index contributed by atoms with van der Waals surface area (Å²) >= 11 is 12.4. The van der Waals surface area contributed by atoms with Gasteiger partial charge < -0.3 is 19.6 Å². The van der Waals surface area contributed by atoms with Crippen molar-refractivity contribution in [3.63, 3.8) is 0 Å². The molecule has 0 amide bonds. The van der Waals surface area contributed by atoms with Crippen molar-refractivity contribution in [1.29, 1.82) is 0 Å². The average molecular weight is 1190 g/mol. The van der Waals surface area contributed by atoms with E-state index in [2.05, 4.69) is 61.5 Å². The van der Waals surface area contributed by atoms with Crippen LogP contribution in [-0.4, -0.2) is 128 Å². The number of anilines is 2. The molecule has 14 nitrogen and oxygen atoms in total. The van der Waals surface area contributed by atoms with Gasteiger partial charge in [0.2, 0.25) is 0 Å². The second kappa shape index (κ2) is 32.2. The zero-order valence-corrected chi connectivity index (χ0v) is 49.6. The van der Waals surface area contributed by atoms with Crippen molar-refractivity contribution >= 4 is 84.0 Å². The van der Waals surface area contributed by atoms with E-state index in [-0.39, 0.29) is 66.8 Å². The lowest BCUT2D eigenvalue weighted by Crippen LogP contribution is -2.46. The average Bonchev–Trinajstić information content (AvgIpc) is 3.43. The van der Waals surface area contributed by atoms with Gasteiger partial charge in [0, 0.05) is 138 Å². The topological polar surface area (TPSA) is 135 Å². The maximum Gasteiger partial charge on any atom is 0.342 e. The first-order valence-electron chi connectivity index (χ1n) is 26.1. The van der Waals surface area contributed by atoms with E-state index in [1.54, 1.807) is 54.9 Å². The smallest absolute Gasteiger partial charge is 0.342 e. The molecule has 1 N–H and O–H groups in total. The molecule has 2 saturated heterocycles. The van der Waals surface area contributed by atoms with E-state index >= 15 is 0 Å². The number of halogens is 7. The summed E-state index contributed by atoms with van der Waals surface area (Å²) in [7, 11) is 0. The number of carbonyl (C=O) groups excluding carboxylic acids is 1. The van der Waals surface area contributed by atoms with Crippen molar-refractivity contribution in [2.24, 2.45) is 0 Å². The molecule has 0 saturated carbocycles. The quantitative estimate of drug-likeness (QED) is 0.0727. The maximum atomic E-state index is 14.2. The standard InChI is InChI=1S/2C29H35ClFN5O2.3ClH/c1-4-34(20-25-26(30)8-5-9-27(25)31)19-23-11-10-22(17-33-23)18-35-13-15-36(16-14-35)28-24(7-6-12-32-28)29(37)38-21(2)3;1-4-34(19-24-25(30)6-5-7-26(24)31)18-22-9-8-21(16-33-22)17-35-12-14-36(15-13-35)28-27(29(37)38)23(20(2)3)10-11-32-28;;;/h5-12,17,21H,4,13-16,18-20H2,1-3H3;5-11,16,20H,4,12-15,17-19H2,1-3H3,(H,37,38);3*1H. The predicted octanol–water partition coefficient (Wildman–Crippen LogP) is 11.9. The minimum atomic E-state index is -0.927. The van der Waals surface area contributed by atoms with Crippen LogP contribution in [0.4, 0.5) is 20.4 Å². The van der Waals surface area contributed by atoms with Crippen LogP contribution in [0.3, 0.4) is 0 Å². The van der Waals surface area contributed by atoms with E-state index in [0.717, 1.165) is 93.5 Å². The van der Waals surface area contributed by atoms with Gasteiger partial charge in [-0.1, -0.05) is 75.2 Å². The Morgan fingerprint density at radius 1 is 0.608 bits per heavy atom. The second-order valence-corrected chi connectivity index (χ2v) is 20.6. The SMILES string of the molecule is CCN(Cc1ccc(CN2CCN(c3nccc(C(C)C)c3C(=O)O)CC2)cn1)Cc1c(F)cccc1Cl.CCN(Cc1ccc(CN2CCN(c3ncccc3C(=O)OC(C)C)CC2)cn1)Cc1c(F)cccc1Cl.Cl.Cl.Cl. The van der Waals surface area contributed by atoms with Crippen LogP contribution >= 0.6 is 60.4 Å². The molecule has 8 rings (SSSR count). The molecule has 0 unspecified atom stereocenters. The van der Waals surface area contributed by atoms with E-state index in [4.69, 9.17) is 27.9 Å². The molecule has 6 aromatic rings. The third-order valence-electron chi connectivity index (χ3n) is 13.6. The van der Waals surface area contributed by atoms with Crippen LogP contribution in [-0.2, 0) is 44.0 Å². The molecule has 0 atom stereocenters. The van der Waals surface area contributed by atoms with Crippen molar-refractivity contribution in [3.8, 4) is 0 Å². The number of hydrogen-bond acceptors (Lipinski definition) is 13. The van der Waals surface area contributed by atoms with Crippen molar-refractivity contribution < 1.29 is 28.2 Å². The maximum absolute atomic E-state index is 14.2. The van der Waals surface area contributed by atoms with Crippen molar-refractivity contribution in [1.82, 2.24) is 39.5 Å². The molecule has 2 aromatic carbocycles. The number of aromatic nitrogens is 4. The summed E-state index contributed by atoms with van der Waals surface area (Å²) in [5.74, 6) is -0.482. The van der Waals surface area contributed by atoms with Crippen LogP contribution < -0.4 is 9.80 Å². The fraction of sp³-hybridized carbons (Fsp3) is 0.414. The van der Waals surface area contributed by atoms with Crippen molar-refractivity contribution in [2.75, 3.05) is 75.2 Å². The lowest BCUT2D eigenvalue weighted by atomic mass is 9.98. The summed E-state index contributed by atoms with van der Waals surface area (Å²) in [6, 6.07) is 23.2. The Hall–Kier alpha value is -5.27. The van der Waals surface area contributed by atoms with E-state index in [9.17, 15) is 23.5 Å². The largest absolute Gasteiger partial charge is 0.478 e. The number of pyridine rings is 4. The summed E-state index contributed by atoms with van der Waals surface area (Å²) in [6.07, 6.45) is 7.07. The Balaban J connectivity index is 0.000000328. The highest BCUT2D eigenvalue weighted by molar-refractivity contribution is 6.31. The Kier molecular flexibility index (Phi) is 27.0. The molecular weight excluding hydrogens is 1120 g/mol. The molecule has 0 radical (unpaired) electrons. The van der Waals surface area contributed by atoms with Gasteiger partial charge in [-0.2, -0.15) is 0 Å². The summed E-state index contributed by atoms with van der Waals surface area (Å²) in [6.45, 7) is 23.2. The lowest BCUT2D eigenvalue weighted by Gasteiger charge is -2.36. The number of rotatable bonds is 20. The van der Waals surface area contributed by atoms with Crippen LogP contribution in [0.15, 0.2) is 104 Å². The molecule has 6 heterocycles. The number of carboxylic acid groups (broad SMARTS) is 1. The molecule has 0 bridgehead atoms. The highest BCUT2D eigenvalue weighted by Crippen LogP contribution is 2.29. The number of esters is 1. The zero-order valence-electron chi connectivity index (χ0n) is 45.7. The number of nitrogens with zero attached hydrogens (tertiary/aromatic N) is 10. The monoisotopic (exact) mass is 1190 g/mol. The molecule has 4 aromatic heterocycles. The normalized spacial score (nSPS) is 13.8. The fourth-order valence-electron chi connectivity index (χ4n) is 9.36. The number of benzene rings is 2. The van der Waals surface area contributed by atoms with Gasteiger partial charge >= 0.3 is 11.9 Å². The minimum absolute atomic E-state index is 0. The molecule has 2 aliphatic rings. The van der Waals surface area contributed by atoms with Crippen LogP contribution in [0.25, 0.3) is 0 Å². The van der Waals surface area contributed by atoms with Crippen LogP contribution in [0.1, 0.15) is 107 Å². The van der Waals surface area contributed by atoms with Gasteiger partial charge in [0.15, 0.2) is 0 Å².